The number of benzene rings is 1. The van der Waals surface area contributed by atoms with Crippen molar-refractivity contribution in [2.45, 2.75) is 19.9 Å². The van der Waals surface area contributed by atoms with Crippen LogP contribution in [0.4, 0.5) is 0 Å². The molecule has 0 spiro atoms. The number of fused-ring (bicyclic) bond motifs is 1. The summed E-state index contributed by atoms with van der Waals surface area (Å²) in [7, 11) is 0. The van der Waals surface area contributed by atoms with Gasteiger partial charge in [-0.25, -0.2) is 4.98 Å². The van der Waals surface area contributed by atoms with Gasteiger partial charge in [0.25, 0.3) is 0 Å². The van der Waals surface area contributed by atoms with Crippen molar-refractivity contribution in [1.29, 1.82) is 0 Å². The molecule has 1 unspecified atom stereocenters. The van der Waals surface area contributed by atoms with Gasteiger partial charge in [0.15, 0.2) is 5.75 Å². The molecule has 0 fully saturated rings. The molecule has 1 aromatic carbocycles. The van der Waals surface area contributed by atoms with Crippen LogP contribution in [-0.4, -0.2) is 9.97 Å². The van der Waals surface area contributed by atoms with Crippen LogP contribution in [0.5, 0.6) is 11.5 Å². The van der Waals surface area contributed by atoms with E-state index in [1.54, 1.807) is 6.20 Å². The predicted molar refractivity (Wildman–Crippen MR) is 83.4 cm³/mol. The van der Waals surface area contributed by atoms with Gasteiger partial charge in [-0.3, -0.25) is 4.98 Å². The van der Waals surface area contributed by atoms with Crippen LogP contribution < -0.4 is 10.5 Å². The third-order valence-electron chi connectivity index (χ3n) is 3.28. The van der Waals surface area contributed by atoms with Crippen LogP contribution >= 0.6 is 0 Å². The number of aromatic nitrogens is 2. The Hall–Kier alpha value is -2.46. The first-order chi connectivity index (χ1) is 10.1. The maximum absolute atomic E-state index is 5.92. The van der Waals surface area contributed by atoms with Crippen molar-refractivity contribution < 1.29 is 4.74 Å². The molecule has 0 aliphatic heterocycles. The Morgan fingerprint density at radius 3 is 2.67 bits per heavy atom. The maximum Gasteiger partial charge on any atom is 0.153 e. The van der Waals surface area contributed by atoms with Crippen LogP contribution in [0.15, 0.2) is 48.7 Å². The summed E-state index contributed by atoms with van der Waals surface area (Å²) in [6.45, 7) is 3.87. The molecular weight excluding hydrogens is 262 g/mol. The van der Waals surface area contributed by atoms with Crippen LogP contribution in [0.3, 0.4) is 0 Å². The predicted octanol–water partition coefficient (Wildman–Crippen LogP) is 3.75. The number of hydrogen-bond donors (Lipinski definition) is 1. The lowest BCUT2D eigenvalue weighted by Crippen LogP contribution is -2.06. The fraction of sp³-hybridized carbons (Fsp3) is 0.176. The van der Waals surface area contributed by atoms with Crippen LogP contribution in [0, 0.1) is 6.92 Å². The van der Waals surface area contributed by atoms with E-state index in [1.807, 2.05) is 56.3 Å². The smallest absolute Gasteiger partial charge is 0.153 e. The number of pyridine rings is 2. The minimum Gasteiger partial charge on any atom is -0.453 e. The molecular formula is C17H17N3O. The van der Waals surface area contributed by atoms with Gasteiger partial charge in [-0.2, -0.15) is 0 Å². The first kappa shape index (κ1) is 13.5. The molecule has 0 radical (unpaired) electrons. The lowest BCUT2D eigenvalue weighted by atomic mass is 10.2. The maximum atomic E-state index is 5.92. The summed E-state index contributed by atoms with van der Waals surface area (Å²) in [4.78, 5) is 8.85. The number of ether oxygens (including phenoxy) is 1. The molecule has 0 saturated heterocycles. The molecule has 2 heterocycles. The Labute approximate surface area is 123 Å². The molecule has 0 saturated carbocycles. The molecule has 0 aliphatic carbocycles. The van der Waals surface area contributed by atoms with Crippen molar-refractivity contribution in [3.63, 3.8) is 0 Å². The van der Waals surface area contributed by atoms with E-state index in [1.165, 1.54) is 0 Å². The van der Waals surface area contributed by atoms with E-state index < -0.39 is 0 Å². The van der Waals surface area contributed by atoms with Crippen LogP contribution in [0.1, 0.15) is 24.4 Å². The second kappa shape index (κ2) is 5.50. The van der Waals surface area contributed by atoms with E-state index in [-0.39, 0.29) is 6.04 Å². The van der Waals surface area contributed by atoms with Crippen molar-refractivity contribution in [2.75, 3.05) is 0 Å². The van der Waals surface area contributed by atoms with Crippen LogP contribution in [0.2, 0.25) is 0 Å². The number of nitrogens with two attached hydrogens (primary N) is 1. The molecule has 0 bridgehead atoms. The highest BCUT2D eigenvalue weighted by Gasteiger charge is 2.06. The van der Waals surface area contributed by atoms with E-state index in [0.29, 0.717) is 5.75 Å². The third-order valence-corrected chi connectivity index (χ3v) is 3.28. The van der Waals surface area contributed by atoms with Crippen molar-refractivity contribution >= 4 is 10.9 Å². The van der Waals surface area contributed by atoms with E-state index in [4.69, 9.17) is 10.5 Å². The minimum absolute atomic E-state index is 0.0825. The van der Waals surface area contributed by atoms with Gasteiger partial charge in [-0.1, -0.05) is 18.2 Å². The van der Waals surface area contributed by atoms with E-state index in [9.17, 15) is 0 Å². The van der Waals surface area contributed by atoms with Crippen molar-refractivity contribution in [3.8, 4) is 11.5 Å². The van der Waals surface area contributed by atoms with Crippen molar-refractivity contribution in [1.82, 2.24) is 9.97 Å². The molecule has 1 atom stereocenters. The fourth-order valence-corrected chi connectivity index (χ4v) is 2.15. The Morgan fingerprint density at radius 2 is 1.95 bits per heavy atom. The highest BCUT2D eigenvalue weighted by atomic mass is 16.5. The molecule has 2 aromatic heterocycles. The van der Waals surface area contributed by atoms with Gasteiger partial charge in [0.05, 0.1) is 11.9 Å². The number of nitrogens with zero attached hydrogens (tertiary/aromatic N) is 2. The summed E-state index contributed by atoms with van der Waals surface area (Å²) >= 11 is 0. The highest BCUT2D eigenvalue weighted by molar-refractivity contribution is 5.84. The zero-order valence-corrected chi connectivity index (χ0v) is 12.1. The summed E-state index contributed by atoms with van der Waals surface area (Å²) in [6, 6.07) is 13.6. The summed E-state index contributed by atoms with van der Waals surface area (Å²) in [5, 5.41) is 1.05. The first-order valence-corrected chi connectivity index (χ1v) is 6.89. The largest absolute Gasteiger partial charge is 0.453 e. The second-order valence-corrected chi connectivity index (χ2v) is 5.09. The Kier molecular flexibility index (Phi) is 3.54. The Bertz CT molecular complexity index is 767. The number of aryl methyl sites for hydroxylation is 1. The zero-order valence-electron chi connectivity index (χ0n) is 12.1. The average molecular weight is 279 g/mol. The van der Waals surface area contributed by atoms with Gasteiger partial charge in [-0.05, 0) is 38.1 Å². The lowest BCUT2D eigenvalue weighted by Gasteiger charge is -2.10. The number of para-hydroxylation sites is 1. The zero-order chi connectivity index (χ0) is 14.8. The topological polar surface area (TPSA) is 61.0 Å². The van der Waals surface area contributed by atoms with Gasteiger partial charge in [0.1, 0.15) is 11.3 Å². The van der Waals surface area contributed by atoms with Gasteiger partial charge in [0, 0.05) is 17.1 Å². The van der Waals surface area contributed by atoms with E-state index in [0.717, 1.165) is 28.0 Å². The molecule has 4 heteroatoms. The van der Waals surface area contributed by atoms with Crippen molar-refractivity contribution in [2.24, 2.45) is 5.73 Å². The molecule has 3 rings (SSSR count). The molecule has 21 heavy (non-hydrogen) atoms. The molecule has 106 valence electrons. The SMILES string of the molecule is Cc1ccc2cccc(Oc3ccc(C(C)N)nc3)c2n1. The van der Waals surface area contributed by atoms with Gasteiger partial charge in [-0.15, -0.1) is 0 Å². The van der Waals surface area contributed by atoms with Gasteiger partial charge in [0.2, 0.25) is 0 Å². The summed E-state index contributed by atoms with van der Waals surface area (Å²) in [5.41, 5.74) is 8.45. The van der Waals surface area contributed by atoms with Gasteiger partial charge >= 0.3 is 0 Å². The molecule has 4 nitrogen and oxygen atoms in total. The molecule has 2 N–H and O–H groups in total. The average Bonchev–Trinajstić information content (AvgIpc) is 2.48. The third kappa shape index (κ3) is 2.85. The molecule has 0 aliphatic rings. The van der Waals surface area contributed by atoms with Crippen molar-refractivity contribution in [3.05, 3.63) is 60.0 Å². The summed E-state index contributed by atoms with van der Waals surface area (Å²) in [5.74, 6) is 1.40. The fourth-order valence-electron chi connectivity index (χ4n) is 2.15. The minimum atomic E-state index is -0.0825. The Morgan fingerprint density at radius 1 is 1.10 bits per heavy atom. The second-order valence-electron chi connectivity index (χ2n) is 5.09. The normalized spacial score (nSPS) is 12.3. The Balaban J connectivity index is 1.96. The van der Waals surface area contributed by atoms with E-state index in [2.05, 4.69) is 9.97 Å². The standard InChI is InChI=1S/C17H17N3O/c1-11-6-7-13-4-3-5-16(17(13)20-11)21-14-8-9-15(12(2)18)19-10-14/h3-10,12H,18H2,1-2H3. The van der Waals surface area contributed by atoms with Crippen LogP contribution in [-0.2, 0) is 0 Å². The highest BCUT2D eigenvalue weighted by Crippen LogP contribution is 2.28. The van der Waals surface area contributed by atoms with E-state index >= 15 is 0 Å². The first-order valence-electron chi connectivity index (χ1n) is 6.89. The number of rotatable bonds is 3. The summed E-state index contributed by atoms with van der Waals surface area (Å²) < 4.78 is 5.92. The quantitative estimate of drug-likeness (QED) is 0.793. The molecule has 0 amide bonds. The summed E-state index contributed by atoms with van der Waals surface area (Å²) in [6.07, 6.45) is 1.69. The monoisotopic (exact) mass is 279 g/mol. The van der Waals surface area contributed by atoms with Gasteiger partial charge < -0.3 is 10.5 Å². The molecule has 3 aromatic rings. The lowest BCUT2D eigenvalue weighted by molar-refractivity contribution is 0.483. The van der Waals surface area contributed by atoms with Crippen LogP contribution in [0.25, 0.3) is 10.9 Å². The number of hydrogen-bond acceptors (Lipinski definition) is 4.